The van der Waals surface area contributed by atoms with Gasteiger partial charge in [0.25, 0.3) is 0 Å². The Labute approximate surface area is 126 Å². The Hall–Kier alpha value is -1.92. The van der Waals surface area contributed by atoms with Gasteiger partial charge in [-0.05, 0) is 40.9 Å². The predicted octanol–water partition coefficient (Wildman–Crippen LogP) is 2.69. The number of nitrogens with zero attached hydrogens (tertiary/aromatic N) is 5. The van der Waals surface area contributed by atoms with Crippen LogP contribution in [0.1, 0.15) is 5.56 Å². The van der Waals surface area contributed by atoms with Gasteiger partial charge in [-0.15, -0.1) is 0 Å². The maximum atomic E-state index is 5.65. The first kappa shape index (κ1) is 14.5. The van der Waals surface area contributed by atoms with Crippen LogP contribution in [0.3, 0.4) is 0 Å². The van der Waals surface area contributed by atoms with E-state index < -0.39 is 0 Å². The standard InChI is InChI=1S/C12H12Cl2N6/c1-20(2)9-5-3-8(4-6-9)7-15-19-12-17-10(13)16-11(14)18-12/h3-7H,1-2H3,(H,16,17,18,19)/b15-7+. The lowest BCUT2D eigenvalue weighted by molar-refractivity contribution is 1.03. The van der Waals surface area contributed by atoms with Crippen LogP contribution in [0.25, 0.3) is 0 Å². The molecule has 0 spiro atoms. The number of aromatic nitrogens is 3. The van der Waals surface area contributed by atoms with Crippen molar-refractivity contribution in [3.05, 3.63) is 40.4 Å². The summed E-state index contributed by atoms with van der Waals surface area (Å²) in [5.74, 6) is 0.191. The number of halogens is 2. The van der Waals surface area contributed by atoms with Gasteiger partial charge in [0.15, 0.2) is 0 Å². The Bertz CT molecular complexity index is 592. The highest BCUT2D eigenvalue weighted by atomic mass is 35.5. The summed E-state index contributed by atoms with van der Waals surface area (Å²) in [6, 6.07) is 7.90. The van der Waals surface area contributed by atoms with Crippen LogP contribution in [0.2, 0.25) is 10.6 Å². The molecule has 1 N–H and O–H groups in total. The zero-order valence-corrected chi connectivity index (χ0v) is 12.4. The van der Waals surface area contributed by atoms with E-state index >= 15 is 0 Å². The van der Waals surface area contributed by atoms with Crippen molar-refractivity contribution in [3.63, 3.8) is 0 Å². The first-order valence-electron chi connectivity index (χ1n) is 5.68. The minimum atomic E-state index is 0.0121. The van der Waals surface area contributed by atoms with Gasteiger partial charge < -0.3 is 4.90 Å². The highest BCUT2D eigenvalue weighted by Crippen LogP contribution is 2.11. The lowest BCUT2D eigenvalue weighted by Crippen LogP contribution is -2.08. The fourth-order valence-corrected chi connectivity index (χ4v) is 1.76. The molecule has 0 aliphatic rings. The van der Waals surface area contributed by atoms with Crippen molar-refractivity contribution in [2.24, 2.45) is 5.10 Å². The maximum Gasteiger partial charge on any atom is 0.249 e. The smallest absolute Gasteiger partial charge is 0.249 e. The van der Waals surface area contributed by atoms with Gasteiger partial charge in [0.1, 0.15) is 0 Å². The van der Waals surface area contributed by atoms with Crippen LogP contribution >= 0.6 is 23.2 Å². The molecule has 0 radical (unpaired) electrons. The van der Waals surface area contributed by atoms with Crippen molar-refractivity contribution < 1.29 is 0 Å². The van der Waals surface area contributed by atoms with Gasteiger partial charge in [0, 0.05) is 19.8 Å². The molecule has 0 unspecified atom stereocenters. The van der Waals surface area contributed by atoms with E-state index in [0.717, 1.165) is 11.3 Å². The SMILES string of the molecule is CN(C)c1ccc(/C=N/Nc2nc(Cl)nc(Cl)n2)cc1. The summed E-state index contributed by atoms with van der Waals surface area (Å²) in [4.78, 5) is 13.3. The van der Waals surface area contributed by atoms with Crippen molar-refractivity contribution in [1.29, 1.82) is 0 Å². The van der Waals surface area contributed by atoms with Gasteiger partial charge in [0.05, 0.1) is 6.21 Å². The Balaban J connectivity index is 2.02. The molecule has 0 fully saturated rings. The average Bonchev–Trinajstić information content (AvgIpc) is 2.38. The average molecular weight is 311 g/mol. The molecule has 0 aliphatic carbocycles. The van der Waals surface area contributed by atoms with Crippen LogP contribution in [0.5, 0.6) is 0 Å². The highest BCUT2D eigenvalue weighted by molar-refractivity contribution is 6.31. The predicted molar refractivity (Wildman–Crippen MR) is 81.8 cm³/mol. The number of nitrogens with one attached hydrogen (secondary N) is 1. The lowest BCUT2D eigenvalue weighted by atomic mass is 10.2. The summed E-state index contributed by atoms with van der Waals surface area (Å²) in [6.45, 7) is 0. The summed E-state index contributed by atoms with van der Waals surface area (Å²) >= 11 is 11.3. The second-order valence-electron chi connectivity index (χ2n) is 4.05. The molecule has 0 amide bonds. The van der Waals surface area contributed by atoms with E-state index in [1.54, 1.807) is 6.21 Å². The Morgan fingerprint density at radius 2 is 1.65 bits per heavy atom. The third kappa shape index (κ3) is 4.04. The van der Waals surface area contributed by atoms with Crippen LogP contribution < -0.4 is 10.3 Å². The first-order chi connectivity index (χ1) is 9.54. The number of hydrogen-bond acceptors (Lipinski definition) is 6. The van der Waals surface area contributed by atoms with E-state index in [1.165, 1.54) is 0 Å². The summed E-state index contributed by atoms with van der Waals surface area (Å²) in [7, 11) is 3.97. The molecule has 1 heterocycles. The maximum absolute atomic E-state index is 5.65. The molecule has 20 heavy (non-hydrogen) atoms. The van der Waals surface area contributed by atoms with Gasteiger partial charge in [-0.25, -0.2) is 5.43 Å². The minimum absolute atomic E-state index is 0.0121. The van der Waals surface area contributed by atoms with E-state index in [4.69, 9.17) is 23.2 Å². The highest BCUT2D eigenvalue weighted by Gasteiger charge is 2.01. The molecule has 2 rings (SSSR count). The van der Waals surface area contributed by atoms with Crippen molar-refractivity contribution in [2.45, 2.75) is 0 Å². The van der Waals surface area contributed by atoms with E-state index in [2.05, 4.69) is 25.5 Å². The molecular formula is C12H12Cl2N6. The molecule has 1 aromatic heterocycles. The number of rotatable bonds is 4. The third-order valence-corrected chi connectivity index (χ3v) is 2.71. The van der Waals surface area contributed by atoms with Crippen LogP contribution in [-0.4, -0.2) is 35.3 Å². The Morgan fingerprint density at radius 3 is 2.20 bits per heavy atom. The third-order valence-electron chi connectivity index (χ3n) is 2.37. The largest absolute Gasteiger partial charge is 0.378 e. The van der Waals surface area contributed by atoms with Crippen molar-refractivity contribution in [3.8, 4) is 0 Å². The van der Waals surface area contributed by atoms with Crippen LogP contribution in [0, 0.1) is 0 Å². The lowest BCUT2D eigenvalue weighted by Gasteiger charge is -2.11. The molecule has 104 valence electrons. The molecule has 6 nitrogen and oxygen atoms in total. The van der Waals surface area contributed by atoms with Crippen LogP contribution in [0.15, 0.2) is 29.4 Å². The van der Waals surface area contributed by atoms with Crippen molar-refractivity contribution >= 4 is 41.1 Å². The van der Waals surface area contributed by atoms with Gasteiger partial charge in [0.2, 0.25) is 16.5 Å². The number of hydrazone groups is 1. The normalized spacial score (nSPS) is 10.8. The number of hydrogen-bond donors (Lipinski definition) is 1. The molecule has 0 atom stereocenters. The Kier molecular flexibility index (Phi) is 4.70. The molecule has 8 heteroatoms. The Morgan fingerprint density at radius 1 is 1.05 bits per heavy atom. The molecule has 0 bridgehead atoms. The molecule has 0 aliphatic heterocycles. The van der Waals surface area contributed by atoms with E-state index in [0.29, 0.717) is 0 Å². The van der Waals surface area contributed by atoms with Crippen LogP contribution in [-0.2, 0) is 0 Å². The fraction of sp³-hybridized carbons (Fsp3) is 0.167. The van der Waals surface area contributed by atoms with E-state index in [9.17, 15) is 0 Å². The first-order valence-corrected chi connectivity index (χ1v) is 6.44. The second-order valence-corrected chi connectivity index (χ2v) is 4.73. The zero-order chi connectivity index (χ0) is 14.5. The fourth-order valence-electron chi connectivity index (χ4n) is 1.40. The topological polar surface area (TPSA) is 66.3 Å². The second kappa shape index (κ2) is 6.49. The number of benzene rings is 1. The van der Waals surface area contributed by atoms with Crippen molar-refractivity contribution in [2.75, 3.05) is 24.4 Å². The minimum Gasteiger partial charge on any atom is -0.378 e. The van der Waals surface area contributed by atoms with E-state index in [1.807, 2.05) is 43.3 Å². The van der Waals surface area contributed by atoms with Crippen molar-refractivity contribution in [1.82, 2.24) is 15.0 Å². The monoisotopic (exact) mass is 310 g/mol. The molecule has 1 aromatic carbocycles. The molecule has 0 saturated heterocycles. The van der Waals surface area contributed by atoms with E-state index in [-0.39, 0.29) is 16.5 Å². The summed E-state index contributed by atoms with van der Waals surface area (Å²) < 4.78 is 0. The van der Waals surface area contributed by atoms with Gasteiger partial charge in [-0.2, -0.15) is 20.1 Å². The molecular weight excluding hydrogens is 299 g/mol. The number of anilines is 2. The summed E-state index contributed by atoms with van der Waals surface area (Å²) in [5, 5.41) is 4.03. The summed E-state index contributed by atoms with van der Waals surface area (Å²) in [5.41, 5.74) is 4.70. The zero-order valence-electron chi connectivity index (χ0n) is 10.9. The van der Waals surface area contributed by atoms with Gasteiger partial charge in [-0.1, -0.05) is 12.1 Å². The van der Waals surface area contributed by atoms with Crippen LogP contribution in [0.4, 0.5) is 11.6 Å². The summed E-state index contributed by atoms with van der Waals surface area (Å²) in [6.07, 6.45) is 1.64. The van der Waals surface area contributed by atoms with Gasteiger partial charge >= 0.3 is 0 Å². The quantitative estimate of drug-likeness (QED) is 0.694. The molecule has 2 aromatic rings. The van der Waals surface area contributed by atoms with Gasteiger partial charge in [-0.3, -0.25) is 0 Å². The molecule has 0 saturated carbocycles.